The topological polar surface area (TPSA) is 48.4 Å². The van der Waals surface area contributed by atoms with Gasteiger partial charge in [0.1, 0.15) is 0 Å². The summed E-state index contributed by atoms with van der Waals surface area (Å²) in [6.07, 6.45) is 4.00. The van der Waals surface area contributed by atoms with E-state index in [2.05, 4.69) is 29.0 Å². The molecule has 134 valence electrons. The van der Waals surface area contributed by atoms with Crippen LogP contribution in [0, 0.1) is 0 Å². The van der Waals surface area contributed by atoms with E-state index in [-0.39, 0.29) is 19.0 Å². The number of aliphatic hydroxyl groups is 1. The van der Waals surface area contributed by atoms with E-state index < -0.39 is 0 Å². The molecule has 0 aliphatic rings. The van der Waals surface area contributed by atoms with Crippen molar-refractivity contribution in [2.24, 2.45) is 0 Å². The third-order valence-electron chi connectivity index (χ3n) is 4.08. The van der Waals surface area contributed by atoms with Gasteiger partial charge in [0.15, 0.2) is 0 Å². The zero-order valence-electron chi connectivity index (χ0n) is 14.3. The first-order valence-corrected chi connectivity index (χ1v) is 8.66. The van der Waals surface area contributed by atoms with E-state index in [4.69, 9.17) is 16.7 Å². The van der Waals surface area contributed by atoms with Gasteiger partial charge in [0.25, 0.3) is 0 Å². The van der Waals surface area contributed by atoms with E-state index >= 15 is 0 Å². The number of fused-ring (bicyclic) bond motifs is 1. The van der Waals surface area contributed by atoms with Crippen molar-refractivity contribution in [2.75, 3.05) is 31.6 Å². The number of nitrogens with one attached hydrogen (secondary N) is 1. The average Bonchev–Trinajstić information content (AvgIpc) is 2.54. The highest BCUT2D eigenvalue weighted by molar-refractivity contribution is 6.31. The fourth-order valence-electron chi connectivity index (χ4n) is 2.78. The summed E-state index contributed by atoms with van der Waals surface area (Å²) >= 11 is 6.03. The molecule has 0 saturated heterocycles. The highest BCUT2D eigenvalue weighted by Gasteiger charge is 2.08. The molecule has 1 aromatic carbocycles. The first kappa shape index (κ1) is 21.0. The van der Waals surface area contributed by atoms with Crippen molar-refractivity contribution in [1.82, 2.24) is 9.88 Å². The van der Waals surface area contributed by atoms with Gasteiger partial charge in [-0.3, -0.25) is 4.98 Å². The first-order chi connectivity index (χ1) is 11.1. The molecule has 0 aliphatic carbocycles. The number of likely N-dealkylation sites (N-methyl/N-ethyl adjacent to an activating group) is 1. The molecule has 1 heterocycles. The molecule has 2 rings (SSSR count). The van der Waals surface area contributed by atoms with Crippen molar-refractivity contribution in [2.45, 2.75) is 32.7 Å². The summed E-state index contributed by atoms with van der Waals surface area (Å²) in [5.41, 5.74) is 2.01. The summed E-state index contributed by atoms with van der Waals surface area (Å²) < 4.78 is 0. The molecule has 0 radical (unpaired) electrons. The van der Waals surface area contributed by atoms with Gasteiger partial charge in [0.05, 0.1) is 12.1 Å². The Morgan fingerprint density at radius 2 is 2.08 bits per heavy atom. The van der Waals surface area contributed by atoms with Crippen molar-refractivity contribution in [1.29, 1.82) is 0 Å². The maximum Gasteiger partial charge on any atom is 0.0737 e. The molecular weight excluding hydrogens is 345 g/mol. The number of aliphatic hydroxyl groups excluding tert-OH is 1. The summed E-state index contributed by atoms with van der Waals surface area (Å²) in [5.74, 6) is 0. The monoisotopic (exact) mass is 371 g/mol. The SMILES string of the molecule is CCN(CCO)CCCC(C)Nc1ccnc2cc(Cl)ccc12.Cl. The Kier molecular flexibility index (Phi) is 9.37. The number of benzene rings is 1. The quantitative estimate of drug-likeness (QED) is 0.693. The zero-order chi connectivity index (χ0) is 16.7. The van der Waals surface area contributed by atoms with Gasteiger partial charge in [0, 0.05) is 34.9 Å². The van der Waals surface area contributed by atoms with Crippen LogP contribution in [0.15, 0.2) is 30.5 Å². The second-order valence-electron chi connectivity index (χ2n) is 5.87. The van der Waals surface area contributed by atoms with Gasteiger partial charge in [-0.25, -0.2) is 0 Å². The second kappa shape index (κ2) is 10.7. The third-order valence-corrected chi connectivity index (χ3v) is 4.32. The molecule has 1 aromatic heterocycles. The van der Waals surface area contributed by atoms with Gasteiger partial charge in [-0.05, 0) is 57.1 Å². The van der Waals surface area contributed by atoms with Gasteiger partial charge in [-0.1, -0.05) is 18.5 Å². The van der Waals surface area contributed by atoms with E-state index in [9.17, 15) is 0 Å². The fraction of sp³-hybridized carbons (Fsp3) is 0.500. The zero-order valence-corrected chi connectivity index (χ0v) is 15.9. The van der Waals surface area contributed by atoms with Crippen LogP contribution in [-0.2, 0) is 0 Å². The molecule has 0 spiro atoms. The van der Waals surface area contributed by atoms with Crippen LogP contribution in [0.1, 0.15) is 26.7 Å². The molecule has 0 aliphatic heterocycles. The van der Waals surface area contributed by atoms with Crippen LogP contribution in [-0.4, -0.2) is 47.3 Å². The normalized spacial score (nSPS) is 12.2. The molecule has 4 nitrogen and oxygen atoms in total. The highest BCUT2D eigenvalue weighted by Crippen LogP contribution is 2.25. The van der Waals surface area contributed by atoms with E-state index in [1.165, 1.54) is 0 Å². The van der Waals surface area contributed by atoms with Gasteiger partial charge < -0.3 is 15.3 Å². The lowest BCUT2D eigenvalue weighted by Crippen LogP contribution is -2.28. The average molecular weight is 372 g/mol. The van der Waals surface area contributed by atoms with Crippen molar-refractivity contribution in [3.63, 3.8) is 0 Å². The Bertz CT molecular complexity index is 624. The lowest BCUT2D eigenvalue weighted by molar-refractivity contribution is 0.199. The van der Waals surface area contributed by atoms with Crippen LogP contribution in [0.2, 0.25) is 5.02 Å². The van der Waals surface area contributed by atoms with Crippen molar-refractivity contribution in [3.05, 3.63) is 35.5 Å². The van der Waals surface area contributed by atoms with E-state index in [0.717, 1.165) is 49.1 Å². The predicted molar refractivity (Wildman–Crippen MR) is 106 cm³/mol. The molecule has 0 amide bonds. The van der Waals surface area contributed by atoms with Crippen LogP contribution in [0.5, 0.6) is 0 Å². The minimum atomic E-state index is 0. The summed E-state index contributed by atoms with van der Waals surface area (Å²) in [4.78, 5) is 6.65. The molecule has 24 heavy (non-hydrogen) atoms. The van der Waals surface area contributed by atoms with Crippen LogP contribution < -0.4 is 5.32 Å². The number of pyridine rings is 1. The largest absolute Gasteiger partial charge is 0.395 e. The molecular formula is C18H27Cl2N3O. The minimum Gasteiger partial charge on any atom is -0.395 e. The number of hydrogen-bond acceptors (Lipinski definition) is 4. The third kappa shape index (κ3) is 6.10. The fourth-order valence-corrected chi connectivity index (χ4v) is 2.94. The number of anilines is 1. The summed E-state index contributed by atoms with van der Waals surface area (Å²) in [7, 11) is 0. The van der Waals surface area contributed by atoms with E-state index in [0.29, 0.717) is 11.1 Å². The van der Waals surface area contributed by atoms with Gasteiger partial charge in [0.2, 0.25) is 0 Å². The molecule has 0 fully saturated rings. The Hall–Kier alpha value is -1.07. The number of hydrogen-bond donors (Lipinski definition) is 2. The second-order valence-corrected chi connectivity index (χ2v) is 6.30. The minimum absolute atomic E-state index is 0. The van der Waals surface area contributed by atoms with Crippen LogP contribution in [0.4, 0.5) is 5.69 Å². The molecule has 1 atom stereocenters. The number of aromatic nitrogens is 1. The standard InChI is InChI=1S/C18H26ClN3O.ClH/c1-3-22(11-12-23)10-4-5-14(2)21-17-8-9-20-18-13-15(19)6-7-16(17)18;/h6-9,13-14,23H,3-5,10-12H2,1-2H3,(H,20,21);1H. The Balaban J connectivity index is 0.00000288. The maximum atomic E-state index is 9.02. The first-order valence-electron chi connectivity index (χ1n) is 8.28. The smallest absolute Gasteiger partial charge is 0.0737 e. The molecule has 2 N–H and O–H groups in total. The van der Waals surface area contributed by atoms with Crippen molar-refractivity contribution in [3.8, 4) is 0 Å². The molecule has 0 bridgehead atoms. The van der Waals surface area contributed by atoms with E-state index in [1.807, 2.05) is 30.5 Å². The molecule has 6 heteroatoms. The summed E-state index contributed by atoms with van der Waals surface area (Å²) in [6, 6.07) is 8.19. The predicted octanol–water partition coefficient (Wildman–Crippen LogP) is 4.20. The Morgan fingerprint density at radius 1 is 1.29 bits per heavy atom. The summed E-state index contributed by atoms with van der Waals surface area (Å²) in [5, 5.41) is 14.4. The maximum absolute atomic E-state index is 9.02. The highest BCUT2D eigenvalue weighted by atomic mass is 35.5. The lowest BCUT2D eigenvalue weighted by Gasteiger charge is -2.21. The van der Waals surface area contributed by atoms with Crippen LogP contribution >= 0.6 is 24.0 Å². The molecule has 2 aromatic rings. The van der Waals surface area contributed by atoms with Gasteiger partial charge >= 0.3 is 0 Å². The van der Waals surface area contributed by atoms with Gasteiger partial charge in [-0.2, -0.15) is 0 Å². The number of rotatable bonds is 9. The van der Waals surface area contributed by atoms with Crippen LogP contribution in [0.3, 0.4) is 0 Å². The Labute approximate surface area is 155 Å². The van der Waals surface area contributed by atoms with Gasteiger partial charge in [-0.15, -0.1) is 12.4 Å². The number of halogens is 2. The van der Waals surface area contributed by atoms with Crippen molar-refractivity contribution < 1.29 is 5.11 Å². The lowest BCUT2D eigenvalue weighted by atomic mass is 10.1. The molecule has 0 saturated carbocycles. The molecule has 1 unspecified atom stereocenters. The van der Waals surface area contributed by atoms with Crippen molar-refractivity contribution >= 4 is 40.6 Å². The summed E-state index contributed by atoms with van der Waals surface area (Å²) in [6.45, 7) is 7.32. The van der Waals surface area contributed by atoms with Crippen LogP contribution in [0.25, 0.3) is 10.9 Å². The van der Waals surface area contributed by atoms with E-state index in [1.54, 1.807) is 0 Å². The number of nitrogens with zero attached hydrogens (tertiary/aromatic N) is 2. The Morgan fingerprint density at radius 3 is 2.79 bits per heavy atom.